The lowest BCUT2D eigenvalue weighted by atomic mass is 10.0. The minimum Gasteiger partial charge on any atom is -0.480 e. The van der Waals surface area contributed by atoms with E-state index in [2.05, 4.69) is 0 Å². The van der Waals surface area contributed by atoms with Gasteiger partial charge in [0.1, 0.15) is 6.04 Å². The van der Waals surface area contributed by atoms with Crippen LogP contribution in [0.2, 0.25) is 5.02 Å². The first kappa shape index (κ1) is 14.8. The molecular weight excluding hydrogens is 271 g/mol. The molecule has 1 rings (SSSR count). The molecule has 0 aromatic heterocycles. The number of alkyl halides is 3. The third kappa shape index (κ3) is 3.89. The first-order valence-corrected chi connectivity index (χ1v) is 5.43. The number of aliphatic carboxylic acids is 1. The molecule has 3 N–H and O–H groups in total. The highest BCUT2D eigenvalue weighted by Gasteiger charge is 2.32. The molecular formula is C11H11ClF3NO2. The van der Waals surface area contributed by atoms with Crippen LogP contribution in [0.4, 0.5) is 13.2 Å². The van der Waals surface area contributed by atoms with Crippen LogP contribution in [0.1, 0.15) is 17.5 Å². The van der Waals surface area contributed by atoms with Gasteiger partial charge in [-0.2, -0.15) is 13.2 Å². The standard InChI is InChI=1S/C11H11ClF3NO2/c12-8-5-6(2-4-9(16)10(17)18)1-3-7(8)11(13,14)15/h1,3,5,9H,2,4,16H2,(H,17,18)/t9-/m0/s1. The highest BCUT2D eigenvalue weighted by atomic mass is 35.5. The Morgan fingerprint density at radius 3 is 2.50 bits per heavy atom. The molecule has 0 fully saturated rings. The fraction of sp³-hybridized carbons (Fsp3) is 0.364. The van der Waals surface area contributed by atoms with Crippen LogP contribution < -0.4 is 5.73 Å². The Morgan fingerprint density at radius 1 is 1.44 bits per heavy atom. The summed E-state index contributed by atoms with van der Waals surface area (Å²) in [6.07, 6.45) is -4.10. The number of benzene rings is 1. The summed E-state index contributed by atoms with van der Waals surface area (Å²) in [5.41, 5.74) is 4.90. The number of halogens is 4. The average molecular weight is 282 g/mol. The number of aryl methyl sites for hydroxylation is 1. The number of carboxylic acid groups (broad SMARTS) is 1. The first-order valence-electron chi connectivity index (χ1n) is 5.06. The number of carbonyl (C=O) groups is 1. The smallest absolute Gasteiger partial charge is 0.417 e. The molecule has 0 spiro atoms. The average Bonchev–Trinajstić information content (AvgIpc) is 2.23. The molecule has 1 aromatic carbocycles. The van der Waals surface area contributed by atoms with Crippen LogP contribution in [0.15, 0.2) is 18.2 Å². The van der Waals surface area contributed by atoms with E-state index in [1.807, 2.05) is 0 Å². The van der Waals surface area contributed by atoms with Crippen molar-refractivity contribution in [3.8, 4) is 0 Å². The fourth-order valence-electron chi connectivity index (χ4n) is 1.39. The van der Waals surface area contributed by atoms with E-state index in [1.165, 1.54) is 12.1 Å². The topological polar surface area (TPSA) is 63.3 Å². The molecule has 0 unspecified atom stereocenters. The molecule has 0 radical (unpaired) electrons. The second-order valence-corrected chi connectivity index (χ2v) is 4.20. The quantitative estimate of drug-likeness (QED) is 0.892. The Morgan fingerprint density at radius 2 is 2.06 bits per heavy atom. The van der Waals surface area contributed by atoms with Crippen molar-refractivity contribution >= 4 is 17.6 Å². The van der Waals surface area contributed by atoms with Gasteiger partial charge < -0.3 is 10.8 Å². The van der Waals surface area contributed by atoms with Crippen LogP contribution in [-0.2, 0) is 17.4 Å². The largest absolute Gasteiger partial charge is 0.480 e. The lowest BCUT2D eigenvalue weighted by Crippen LogP contribution is -2.30. The predicted molar refractivity (Wildman–Crippen MR) is 60.4 cm³/mol. The molecule has 100 valence electrons. The van der Waals surface area contributed by atoms with Gasteiger partial charge in [0.25, 0.3) is 0 Å². The molecule has 7 heteroatoms. The molecule has 18 heavy (non-hydrogen) atoms. The number of nitrogens with two attached hydrogens (primary N) is 1. The number of hydrogen-bond donors (Lipinski definition) is 2. The maximum absolute atomic E-state index is 12.4. The minimum atomic E-state index is -4.49. The summed E-state index contributed by atoms with van der Waals surface area (Å²) in [5.74, 6) is -1.15. The molecule has 0 aliphatic rings. The summed E-state index contributed by atoms with van der Waals surface area (Å²) in [4.78, 5) is 10.5. The van der Waals surface area contributed by atoms with E-state index in [0.717, 1.165) is 6.07 Å². The zero-order chi connectivity index (χ0) is 13.9. The maximum atomic E-state index is 12.4. The lowest BCUT2D eigenvalue weighted by Gasteiger charge is -2.11. The summed E-state index contributed by atoms with van der Waals surface area (Å²) in [5, 5.41) is 8.17. The molecule has 0 aliphatic carbocycles. The zero-order valence-corrected chi connectivity index (χ0v) is 9.92. The SMILES string of the molecule is N[C@@H](CCc1ccc(C(F)(F)F)c(Cl)c1)C(=O)O. The normalized spacial score (nSPS) is 13.4. The van der Waals surface area contributed by atoms with Gasteiger partial charge in [-0.25, -0.2) is 0 Å². The molecule has 0 amide bonds. The highest BCUT2D eigenvalue weighted by Crippen LogP contribution is 2.35. The third-order valence-corrected chi connectivity index (χ3v) is 2.71. The van der Waals surface area contributed by atoms with E-state index in [-0.39, 0.29) is 12.8 Å². The zero-order valence-electron chi connectivity index (χ0n) is 9.17. The van der Waals surface area contributed by atoms with Crippen molar-refractivity contribution in [2.24, 2.45) is 5.73 Å². The van der Waals surface area contributed by atoms with E-state index in [0.29, 0.717) is 5.56 Å². The van der Waals surface area contributed by atoms with Crippen LogP contribution >= 0.6 is 11.6 Å². The van der Waals surface area contributed by atoms with Crippen molar-refractivity contribution in [2.75, 3.05) is 0 Å². The molecule has 1 aromatic rings. The van der Waals surface area contributed by atoms with Crippen LogP contribution in [0.25, 0.3) is 0 Å². The van der Waals surface area contributed by atoms with Gasteiger partial charge >= 0.3 is 12.1 Å². The molecule has 3 nitrogen and oxygen atoms in total. The van der Waals surface area contributed by atoms with Crippen molar-refractivity contribution in [3.63, 3.8) is 0 Å². The second kappa shape index (κ2) is 5.58. The molecule has 0 aliphatic heterocycles. The Balaban J connectivity index is 2.77. The van der Waals surface area contributed by atoms with Crippen molar-refractivity contribution in [2.45, 2.75) is 25.1 Å². The van der Waals surface area contributed by atoms with Crippen LogP contribution in [-0.4, -0.2) is 17.1 Å². The Hall–Kier alpha value is -1.27. The van der Waals surface area contributed by atoms with Gasteiger partial charge in [-0.05, 0) is 30.5 Å². The molecule has 0 saturated carbocycles. The van der Waals surface area contributed by atoms with Crippen molar-refractivity contribution in [1.29, 1.82) is 0 Å². The van der Waals surface area contributed by atoms with Gasteiger partial charge in [0.05, 0.1) is 10.6 Å². The van der Waals surface area contributed by atoms with Crippen molar-refractivity contribution < 1.29 is 23.1 Å². The van der Waals surface area contributed by atoms with Gasteiger partial charge in [-0.1, -0.05) is 17.7 Å². The van der Waals surface area contributed by atoms with Crippen LogP contribution in [0.3, 0.4) is 0 Å². The molecule has 0 heterocycles. The number of rotatable bonds is 4. The Labute approximate surface area is 106 Å². The predicted octanol–water partition coefficient (Wildman–Crippen LogP) is 2.70. The van der Waals surface area contributed by atoms with E-state index in [9.17, 15) is 18.0 Å². The van der Waals surface area contributed by atoms with E-state index in [4.69, 9.17) is 22.4 Å². The van der Waals surface area contributed by atoms with E-state index in [1.54, 1.807) is 0 Å². The Kier molecular flexibility index (Phi) is 4.59. The van der Waals surface area contributed by atoms with E-state index < -0.39 is 28.8 Å². The van der Waals surface area contributed by atoms with Gasteiger partial charge in [0.2, 0.25) is 0 Å². The van der Waals surface area contributed by atoms with Gasteiger partial charge in [-0.3, -0.25) is 4.79 Å². The summed E-state index contributed by atoms with van der Waals surface area (Å²) in [7, 11) is 0. The summed E-state index contributed by atoms with van der Waals surface area (Å²) >= 11 is 5.52. The molecule has 1 atom stereocenters. The Bertz CT molecular complexity index is 448. The summed E-state index contributed by atoms with van der Waals surface area (Å²) < 4.78 is 37.3. The van der Waals surface area contributed by atoms with E-state index >= 15 is 0 Å². The summed E-state index contributed by atoms with van der Waals surface area (Å²) in [6.45, 7) is 0. The number of hydrogen-bond acceptors (Lipinski definition) is 2. The minimum absolute atomic E-state index is 0.136. The molecule has 0 saturated heterocycles. The second-order valence-electron chi connectivity index (χ2n) is 3.80. The maximum Gasteiger partial charge on any atom is 0.417 e. The number of carboxylic acids is 1. The fourth-order valence-corrected chi connectivity index (χ4v) is 1.70. The highest BCUT2D eigenvalue weighted by molar-refractivity contribution is 6.31. The molecule has 0 bridgehead atoms. The van der Waals surface area contributed by atoms with Gasteiger partial charge in [0, 0.05) is 0 Å². The van der Waals surface area contributed by atoms with Crippen molar-refractivity contribution in [1.82, 2.24) is 0 Å². The summed E-state index contributed by atoms with van der Waals surface area (Å²) in [6, 6.07) is 2.29. The van der Waals surface area contributed by atoms with Crippen LogP contribution in [0.5, 0.6) is 0 Å². The van der Waals surface area contributed by atoms with Gasteiger partial charge in [0.15, 0.2) is 0 Å². The van der Waals surface area contributed by atoms with Crippen LogP contribution in [0, 0.1) is 0 Å². The monoisotopic (exact) mass is 281 g/mol. The third-order valence-electron chi connectivity index (χ3n) is 2.40. The van der Waals surface area contributed by atoms with Crippen molar-refractivity contribution in [3.05, 3.63) is 34.3 Å². The lowest BCUT2D eigenvalue weighted by molar-refractivity contribution is -0.139. The first-order chi connectivity index (χ1) is 8.21. The van der Waals surface area contributed by atoms with Gasteiger partial charge in [-0.15, -0.1) is 0 Å².